The lowest BCUT2D eigenvalue weighted by atomic mass is 10.0. The summed E-state index contributed by atoms with van der Waals surface area (Å²) < 4.78 is 0. The van der Waals surface area contributed by atoms with E-state index < -0.39 is 10.9 Å². The Morgan fingerprint density at radius 3 is 2.75 bits per heavy atom. The summed E-state index contributed by atoms with van der Waals surface area (Å²) in [5.41, 5.74) is 0.480. The molecule has 20 heavy (non-hydrogen) atoms. The van der Waals surface area contributed by atoms with Crippen LogP contribution in [0.4, 0.5) is 11.4 Å². The van der Waals surface area contributed by atoms with Crippen LogP contribution in [0, 0.1) is 16.0 Å². The van der Waals surface area contributed by atoms with Crippen LogP contribution in [0.5, 0.6) is 0 Å². The predicted octanol–water partition coefficient (Wildman–Crippen LogP) is 2.92. The van der Waals surface area contributed by atoms with Crippen LogP contribution >= 0.6 is 0 Å². The van der Waals surface area contributed by atoms with Gasteiger partial charge in [0.15, 0.2) is 0 Å². The van der Waals surface area contributed by atoms with Gasteiger partial charge in [-0.1, -0.05) is 13.8 Å². The van der Waals surface area contributed by atoms with Crippen molar-refractivity contribution in [1.29, 1.82) is 0 Å². The largest absolute Gasteiger partial charge is 0.478 e. The number of benzene rings is 1. The number of hydrogen-bond acceptors (Lipinski definition) is 4. The molecule has 1 aliphatic rings. The Morgan fingerprint density at radius 1 is 1.50 bits per heavy atom. The van der Waals surface area contributed by atoms with Gasteiger partial charge in [-0.25, -0.2) is 4.79 Å². The van der Waals surface area contributed by atoms with E-state index in [-0.39, 0.29) is 17.3 Å². The first kappa shape index (κ1) is 14.3. The van der Waals surface area contributed by atoms with Crippen LogP contribution in [-0.4, -0.2) is 28.6 Å². The summed E-state index contributed by atoms with van der Waals surface area (Å²) in [5, 5.41) is 20.2. The van der Waals surface area contributed by atoms with E-state index in [9.17, 15) is 14.9 Å². The van der Waals surface area contributed by atoms with Gasteiger partial charge in [-0.05, 0) is 30.9 Å². The average Bonchev–Trinajstić information content (AvgIpc) is 2.86. The van der Waals surface area contributed by atoms with Gasteiger partial charge in [0.1, 0.15) is 5.69 Å². The molecule has 0 radical (unpaired) electrons. The number of carboxylic acid groups (broad SMARTS) is 1. The number of anilines is 1. The summed E-state index contributed by atoms with van der Waals surface area (Å²) in [5.74, 6) is -0.702. The molecule has 6 nitrogen and oxygen atoms in total. The fraction of sp³-hybridized carbons (Fsp3) is 0.500. The molecule has 1 heterocycles. The molecule has 1 atom stereocenters. The fourth-order valence-corrected chi connectivity index (χ4v) is 2.83. The quantitative estimate of drug-likeness (QED) is 0.676. The third-order valence-electron chi connectivity index (χ3n) is 3.80. The number of nitro benzene ring substituents is 1. The molecule has 0 amide bonds. The first-order valence-corrected chi connectivity index (χ1v) is 6.70. The number of carboxylic acids is 1. The van der Waals surface area contributed by atoms with Crippen LogP contribution in [0.3, 0.4) is 0 Å². The number of carbonyl (C=O) groups is 1. The lowest BCUT2D eigenvalue weighted by Crippen LogP contribution is -2.33. The monoisotopic (exact) mass is 278 g/mol. The summed E-state index contributed by atoms with van der Waals surface area (Å²) >= 11 is 0. The predicted molar refractivity (Wildman–Crippen MR) is 75.3 cm³/mol. The molecule has 0 spiro atoms. The summed E-state index contributed by atoms with van der Waals surface area (Å²) in [6, 6.07) is 4.21. The Hall–Kier alpha value is -2.11. The summed E-state index contributed by atoms with van der Waals surface area (Å²) in [7, 11) is 0. The molecule has 0 saturated carbocycles. The molecule has 1 unspecified atom stereocenters. The zero-order valence-electron chi connectivity index (χ0n) is 11.6. The SMILES string of the molecule is CC(C)C1CCCN1c1cc(C(=O)O)ccc1[N+](=O)[O-]. The van der Waals surface area contributed by atoms with Crippen molar-refractivity contribution in [3.63, 3.8) is 0 Å². The summed E-state index contributed by atoms with van der Waals surface area (Å²) in [6.45, 7) is 4.89. The fourth-order valence-electron chi connectivity index (χ4n) is 2.83. The molecule has 0 bridgehead atoms. The van der Waals surface area contributed by atoms with Crippen molar-refractivity contribution in [2.45, 2.75) is 32.7 Å². The standard InChI is InChI=1S/C14H18N2O4/c1-9(2)11-4-3-7-15(11)13-8-10(14(17)18)5-6-12(13)16(19)20/h5-6,8-9,11H,3-4,7H2,1-2H3,(H,17,18). The smallest absolute Gasteiger partial charge is 0.335 e. The van der Waals surface area contributed by atoms with Crippen LogP contribution in [0.2, 0.25) is 0 Å². The van der Waals surface area contributed by atoms with Crippen molar-refractivity contribution in [3.05, 3.63) is 33.9 Å². The molecule has 0 aliphatic carbocycles. The van der Waals surface area contributed by atoms with Crippen molar-refractivity contribution in [2.75, 3.05) is 11.4 Å². The second-order valence-electron chi connectivity index (χ2n) is 5.41. The van der Waals surface area contributed by atoms with Crippen LogP contribution in [0.25, 0.3) is 0 Å². The highest BCUT2D eigenvalue weighted by molar-refractivity contribution is 5.90. The second kappa shape index (κ2) is 5.48. The van der Waals surface area contributed by atoms with Gasteiger partial charge in [0.05, 0.1) is 10.5 Å². The zero-order chi connectivity index (χ0) is 14.9. The molecule has 2 rings (SSSR count). The minimum Gasteiger partial charge on any atom is -0.478 e. The van der Waals surface area contributed by atoms with Crippen LogP contribution in [0.15, 0.2) is 18.2 Å². The maximum absolute atomic E-state index is 11.2. The third-order valence-corrected chi connectivity index (χ3v) is 3.80. The van der Waals surface area contributed by atoms with Crippen LogP contribution < -0.4 is 4.90 Å². The van der Waals surface area contributed by atoms with Gasteiger partial charge in [0.2, 0.25) is 0 Å². The van der Waals surface area contributed by atoms with Gasteiger partial charge in [0, 0.05) is 18.7 Å². The summed E-state index contributed by atoms with van der Waals surface area (Å²) in [4.78, 5) is 23.8. The number of hydrogen-bond donors (Lipinski definition) is 1. The first-order valence-electron chi connectivity index (χ1n) is 6.70. The number of aromatic carboxylic acids is 1. The minimum absolute atomic E-state index is 0.0254. The average molecular weight is 278 g/mol. The van der Waals surface area contributed by atoms with E-state index in [0.717, 1.165) is 19.4 Å². The van der Waals surface area contributed by atoms with Gasteiger partial charge in [-0.3, -0.25) is 10.1 Å². The molecule has 108 valence electrons. The zero-order valence-corrected chi connectivity index (χ0v) is 11.6. The highest BCUT2D eigenvalue weighted by Gasteiger charge is 2.32. The normalized spacial score (nSPS) is 18.6. The molecular formula is C14H18N2O4. The molecular weight excluding hydrogens is 260 g/mol. The Balaban J connectivity index is 2.49. The van der Waals surface area contributed by atoms with Crippen LogP contribution in [-0.2, 0) is 0 Å². The van der Waals surface area contributed by atoms with Crippen molar-refractivity contribution in [3.8, 4) is 0 Å². The van der Waals surface area contributed by atoms with E-state index in [2.05, 4.69) is 13.8 Å². The number of nitrogens with zero attached hydrogens (tertiary/aromatic N) is 2. The summed E-state index contributed by atoms with van der Waals surface area (Å²) in [6.07, 6.45) is 1.95. The third kappa shape index (κ3) is 2.59. The Kier molecular flexibility index (Phi) is 3.92. The Bertz CT molecular complexity index is 542. The van der Waals surface area contributed by atoms with Crippen molar-refractivity contribution in [2.24, 2.45) is 5.92 Å². The number of rotatable bonds is 4. The van der Waals surface area contributed by atoms with E-state index in [1.165, 1.54) is 18.2 Å². The highest BCUT2D eigenvalue weighted by atomic mass is 16.6. The molecule has 1 aromatic carbocycles. The van der Waals surface area contributed by atoms with Crippen LogP contribution in [0.1, 0.15) is 37.0 Å². The Labute approximate surface area is 117 Å². The van der Waals surface area contributed by atoms with E-state index in [0.29, 0.717) is 11.6 Å². The molecule has 1 aliphatic heterocycles. The van der Waals surface area contributed by atoms with Crippen molar-refractivity contribution >= 4 is 17.3 Å². The molecule has 1 saturated heterocycles. The lowest BCUT2D eigenvalue weighted by molar-refractivity contribution is -0.384. The molecule has 1 fully saturated rings. The van der Waals surface area contributed by atoms with Gasteiger partial charge >= 0.3 is 5.97 Å². The molecule has 1 N–H and O–H groups in total. The Morgan fingerprint density at radius 2 is 2.20 bits per heavy atom. The molecule has 1 aromatic rings. The van der Waals surface area contributed by atoms with E-state index in [1.54, 1.807) is 0 Å². The van der Waals surface area contributed by atoms with Gasteiger partial charge in [-0.15, -0.1) is 0 Å². The first-order chi connectivity index (χ1) is 9.41. The van der Waals surface area contributed by atoms with E-state index in [4.69, 9.17) is 5.11 Å². The minimum atomic E-state index is -1.07. The van der Waals surface area contributed by atoms with Crippen molar-refractivity contribution in [1.82, 2.24) is 0 Å². The molecule has 0 aromatic heterocycles. The number of nitro groups is 1. The topological polar surface area (TPSA) is 83.7 Å². The lowest BCUT2D eigenvalue weighted by Gasteiger charge is -2.29. The van der Waals surface area contributed by atoms with Gasteiger partial charge in [-0.2, -0.15) is 0 Å². The maximum Gasteiger partial charge on any atom is 0.335 e. The maximum atomic E-state index is 11.2. The van der Waals surface area contributed by atoms with E-state index in [1.807, 2.05) is 4.90 Å². The highest BCUT2D eigenvalue weighted by Crippen LogP contribution is 2.36. The molecule has 6 heteroatoms. The van der Waals surface area contributed by atoms with Crippen molar-refractivity contribution < 1.29 is 14.8 Å². The van der Waals surface area contributed by atoms with Gasteiger partial charge < -0.3 is 10.0 Å². The van der Waals surface area contributed by atoms with Gasteiger partial charge in [0.25, 0.3) is 5.69 Å². The van der Waals surface area contributed by atoms with E-state index >= 15 is 0 Å². The second-order valence-corrected chi connectivity index (χ2v) is 5.41.